The summed E-state index contributed by atoms with van der Waals surface area (Å²) in [7, 11) is -3.55. The predicted molar refractivity (Wildman–Crippen MR) is 108 cm³/mol. The van der Waals surface area contributed by atoms with E-state index in [1.807, 2.05) is 6.92 Å². The molecule has 2 aromatic rings. The Morgan fingerprint density at radius 3 is 2.68 bits per heavy atom. The summed E-state index contributed by atoms with van der Waals surface area (Å²) >= 11 is 5.82. The predicted octanol–water partition coefficient (Wildman–Crippen LogP) is 2.37. The Morgan fingerprint density at radius 1 is 1.29 bits per heavy atom. The number of benzene rings is 2. The summed E-state index contributed by atoms with van der Waals surface area (Å²) in [5.41, 5.74) is 1.34. The van der Waals surface area contributed by atoms with Crippen molar-refractivity contribution in [2.24, 2.45) is 0 Å². The van der Waals surface area contributed by atoms with Gasteiger partial charge in [-0.2, -0.15) is 0 Å². The molecule has 0 radical (unpaired) electrons. The summed E-state index contributed by atoms with van der Waals surface area (Å²) in [6.07, 6.45) is 0.163. The lowest BCUT2D eigenvalue weighted by molar-refractivity contribution is -0.127. The van der Waals surface area contributed by atoms with E-state index >= 15 is 0 Å². The van der Waals surface area contributed by atoms with Crippen LogP contribution in [-0.2, 0) is 14.8 Å². The number of carbonyl (C=O) groups excluding carboxylic acids is 1. The number of sulfonamides is 1. The van der Waals surface area contributed by atoms with Crippen LogP contribution in [0.2, 0.25) is 5.02 Å². The molecule has 1 atom stereocenters. The van der Waals surface area contributed by atoms with Gasteiger partial charge in [0.05, 0.1) is 25.0 Å². The molecule has 150 valence electrons. The first-order valence-electron chi connectivity index (χ1n) is 8.65. The van der Waals surface area contributed by atoms with Gasteiger partial charge in [-0.05, 0) is 48.9 Å². The summed E-state index contributed by atoms with van der Waals surface area (Å²) in [4.78, 5) is 12.5. The summed E-state index contributed by atoms with van der Waals surface area (Å²) in [5.74, 6) is 0.606. The maximum absolute atomic E-state index is 12.5. The fourth-order valence-electron chi connectivity index (χ4n) is 2.80. The lowest BCUT2D eigenvalue weighted by Crippen LogP contribution is -2.51. The molecular weight excluding hydrogens is 404 g/mol. The molecule has 1 aliphatic heterocycles. The number of hydrogen-bond acceptors (Lipinski definition) is 5. The van der Waals surface area contributed by atoms with Gasteiger partial charge >= 0.3 is 0 Å². The summed E-state index contributed by atoms with van der Waals surface area (Å²) in [5, 5.41) is 3.33. The van der Waals surface area contributed by atoms with E-state index in [-0.39, 0.29) is 19.7 Å². The van der Waals surface area contributed by atoms with Gasteiger partial charge in [0.15, 0.2) is 6.10 Å². The van der Waals surface area contributed by atoms with Crippen molar-refractivity contribution in [3.63, 3.8) is 0 Å². The van der Waals surface area contributed by atoms with Gasteiger partial charge in [-0.1, -0.05) is 17.7 Å². The second kappa shape index (κ2) is 8.28. The first kappa shape index (κ1) is 20.3. The highest BCUT2D eigenvalue weighted by Crippen LogP contribution is 2.35. The highest BCUT2D eigenvalue weighted by Gasteiger charge is 2.34. The molecule has 0 bridgehead atoms. The van der Waals surface area contributed by atoms with Crippen LogP contribution in [0, 0.1) is 6.92 Å². The summed E-state index contributed by atoms with van der Waals surface area (Å²) < 4.78 is 36.8. The molecular formula is C19H21ClN2O5S. The number of aryl methyl sites for hydroxylation is 1. The Labute approximate surface area is 169 Å². The van der Waals surface area contributed by atoms with Crippen LogP contribution in [0.3, 0.4) is 0 Å². The van der Waals surface area contributed by atoms with Crippen LogP contribution in [0.4, 0.5) is 5.69 Å². The number of nitrogens with one attached hydrogen (secondary N) is 1. The third-order valence-electron chi connectivity index (χ3n) is 4.16. The van der Waals surface area contributed by atoms with E-state index in [1.165, 1.54) is 4.31 Å². The topological polar surface area (TPSA) is 84.9 Å². The van der Waals surface area contributed by atoms with Gasteiger partial charge in [-0.15, -0.1) is 0 Å². The lowest BCUT2D eigenvalue weighted by atomic mass is 10.1. The number of rotatable bonds is 6. The van der Waals surface area contributed by atoms with E-state index in [4.69, 9.17) is 21.1 Å². The number of carbonyl (C=O) groups is 1. The zero-order chi connectivity index (χ0) is 20.3. The largest absolute Gasteiger partial charge is 0.492 e. The second-order valence-electron chi connectivity index (χ2n) is 6.47. The minimum atomic E-state index is -3.55. The van der Waals surface area contributed by atoms with Crippen LogP contribution in [0.1, 0.15) is 5.56 Å². The summed E-state index contributed by atoms with van der Waals surface area (Å²) in [6, 6.07) is 12.1. The van der Waals surface area contributed by atoms with Gasteiger partial charge in [0, 0.05) is 5.02 Å². The maximum atomic E-state index is 12.5. The van der Waals surface area contributed by atoms with E-state index in [0.29, 0.717) is 22.2 Å². The number of nitrogens with zero attached hydrogens (tertiary/aromatic N) is 1. The molecule has 0 unspecified atom stereocenters. The van der Waals surface area contributed by atoms with Crippen molar-refractivity contribution in [2.75, 3.05) is 30.3 Å². The first-order valence-corrected chi connectivity index (χ1v) is 10.9. The first-order chi connectivity index (χ1) is 13.2. The van der Waals surface area contributed by atoms with Gasteiger partial charge in [0.1, 0.15) is 18.1 Å². The zero-order valence-electron chi connectivity index (χ0n) is 15.5. The van der Waals surface area contributed by atoms with Crippen molar-refractivity contribution in [3.8, 4) is 11.5 Å². The normalized spacial score (nSPS) is 16.1. The Hall–Kier alpha value is -2.45. The van der Waals surface area contributed by atoms with Crippen LogP contribution < -0.4 is 19.1 Å². The van der Waals surface area contributed by atoms with E-state index in [9.17, 15) is 13.2 Å². The molecule has 2 aromatic carbocycles. The highest BCUT2D eigenvalue weighted by atomic mass is 35.5. The van der Waals surface area contributed by atoms with Gasteiger partial charge < -0.3 is 14.8 Å². The molecule has 0 aliphatic carbocycles. The van der Waals surface area contributed by atoms with Crippen LogP contribution in [0.5, 0.6) is 11.5 Å². The smallest absolute Gasteiger partial charge is 0.263 e. The Kier molecular flexibility index (Phi) is 6.00. The van der Waals surface area contributed by atoms with E-state index < -0.39 is 22.0 Å². The van der Waals surface area contributed by atoms with Crippen molar-refractivity contribution < 1.29 is 22.7 Å². The molecule has 1 amide bonds. The van der Waals surface area contributed by atoms with Crippen molar-refractivity contribution in [2.45, 2.75) is 13.0 Å². The van der Waals surface area contributed by atoms with Crippen molar-refractivity contribution >= 4 is 33.2 Å². The molecule has 0 saturated carbocycles. The number of halogens is 1. The number of amides is 1. The molecule has 7 nitrogen and oxygen atoms in total. The van der Waals surface area contributed by atoms with Gasteiger partial charge in [-0.25, -0.2) is 8.42 Å². The van der Waals surface area contributed by atoms with Gasteiger partial charge in [0.25, 0.3) is 5.91 Å². The minimum absolute atomic E-state index is 0.0846. The fourth-order valence-corrected chi connectivity index (χ4v) is 3.84. The fraction of sp³-hybridized carbons (Fsp3) is 0.316. The van der Waals surface area contributed by atoms with Crippen molar-refractivity contribution in [1.82, 2.24) is 5.32 Å². The molecule has 0 fully saturated rings. The van der Waals surface area contributed by atoms with E-state index in [2.05, 4.69) is 5.32 Å². The van der Waals surface area contributed by atoms with Crippen LogP contribution in [-0.4, -0.2) is 46.4 Å². The monoisotopic (exact) mass is 424 g/mol. The average Bonchev–Trinajstić information content (AvgIpc) is 2.64. The van der Waals surface area contributed by atoms with Crippen molar-refractivity contribution in [1.29, 1.82) is 0 Å². The van der Waals surface area contributed by atoms with Crippen LogP contribution in [0.25, 0.3) is 0 Å². The molecule has 1 N–H and O–H groups in total. The Balaban J connectivity index is 1.61. The molecule has 9 heteroatoms. The average molecular weight is 425 g/mol. The van der Waals surface area contributed by atoms with Gasteiger partial charge in [-0.3, -0.25) is 9.10 Å². The van der Waals surface area contributed by atoms with E-state index in [1.54, 1.807) is 42.5 Å². The number of hydrogen-bond donors (Lipinski definition) is 1. The van der Waals surface area contributed by atoms with Gasteiger partial charge in [0.2, 0.25) is 10.0 Å². The minimum Gasteiger partial charge on any atom is -0.492 e. The third kappa shape index (κ3) is 4.88. The standard InChI is InChI=1S/C19H21ClN2O5S/c1-13-3-8-16-17(11-13)27-18(12-22(16)28(2,24)25)19(23)21-9-10-26-15-6-4-14(20)5-7-15/h3-8,11,18H,9-10,12H2,1-2H3,(H,21,23)/t18-/m0/s1. The number of ether oxygens (including phenoxy) is 2. The molecule has 1 heterocycles. The quantitative estimate of drug-likeness (QED) is 0.719. The maximum Gasteiger partial charge on any atom is 0.263 e. The third-order valence-corrected chi connectivity index (χ3v) is 5.56. The summed E-state index contributed by atoms with van der Waals surface area (Å²) in [6.45, 7) is 2.29. The molecule has 0 saturated heterocycles. The number of anilines is 1. The van der Waals surface area contributed by atoms with Crippen LogP contribution in [0.15, 0.2) is 42.5 Å². The molecule has 3 rings (SSSR count). The Morgan fingerprint density at radius 2 is 2.00 bits per heavy atom. The molecule has 0 aromatic heterocycles. The zero-order valence-corrected chi connectivity index (χ0v) is 17.1. The van der Waals surface area contributed by atoms with Crippen LogP contribution >= 0.6 is 11.6 Å². The lowest BCUT2D eigenvalue weighted by Gasteiger charge is -2.34. The van der Waals surface area contributed by atoms with E-state index in [0.717, 1.165) is 11.8 Å². The SMILES string of the molecule is Cc1ccc2c(c1)O[C@H](C(=O)NCCOc1ccc(Cl)cc1)CN2S(C)(=O)=O. The number of fused-ring (bicyclic) bond motifs is 1. The molecule has 0 spiro atoms. The Bertz CT molecular complexity index is 963. The second-order valence-corrected chi connectivity index (χ2v) is 8.81. The molecule has 28 heavy (non-hydrogen) atoms. The molecule has 1 aliphatic rings. The van der Waals surface area contributed by atoms with Crippen molar-refractivity contribution in [3.05, 3.63) is 53.1 Å². The highest BCUT2D eigenvalue weighted by molar-refractivity contribution is 7.92.